The van der Waals surface area contributed by atoms with Gasteiger partial charge in [-0.2, -0.15) is 5.10 Å². The quantitative estimate of drug-likeness (QED) is 0.634. The number of nitrogens with one attached hydrogen (secondary N) is 2. The highest BCUT2D eigenvalue weighted by Gasteiger charge is 2.11. The van der Waals surface area contributed by atoms with Crippen LogP contribution in [0.1, 0.15) is 4.88 Å². The summed E-state index contributed by atoms with van der Waals surface area (Å²) in [5.74, 6) is 0.692. The van der Waals surface area contributed by atoms with Crippen LogP contribution in [0.25, 0.3) is 11.0 Å². The largest absolute Gasteiger partial charge is 0.369 e. The molecule has 0 bridgehead atoms. The molecule has 0 atom stereocenters. The summed E-state index contributed by atoms with van der Waals surface area (Å²) in [7, 11) is -3.62. The smallest absolute Gasteiger partial charge is 0.247 e. The number of sulfonamides is 1. The molecule has 3 aromatic rings. The second-order valence-electron chi connectivity index (χ2n) is 4.30. The SMILES string of the molecule is NS(=O)(=O)c1ccc(CCNc2ncnc3[nH]ncc23)s1. The number of rotatable bonds is 5. The number of aromatic nitrogens is 4. The molecule has 0 saturated carbocycles. The molecule has 0 unspecified atom stereocenters. The van der Waals surface area contributed by atoms with E-state index in [0.717, 1.165) is 10.3 Å². The van der Waals surface area contributed by atoms with Crippen LogP contribution in [0.2, 0.25) is 0 Å². The normalized spacial score (nSPS) is 11.9. The number of thiophene rings is 1. The first-order valence-electron chi connectivity index (χ1n) is 6.03. The molecular formula is C11H12N6O2S2. The van der Waals surface area contributed by atoms with Gasteiger partial charge in [0.25, 0.3) is 0 Å². The van der Waals surface area contributed by atoms with Crippen molar-refractivity contribution >= 4 is 38.2 Å². The van der Waals surface area contributed by atoms with Crippen LogP contribution in [-0.4, -0.2) is 35.1 Å². The number of fused-ring (bicyclic) bond motifs is 1. The van der Waals surface area contributed by atoms with Gasteiger partial charge in [-0.05, 0) is 18.6 Å². The third-order valence-corrected chi connectivity index (χ3v) is 5.41. The maximum absolute atomic E-state index is 11.2. The third-order valence-electron chi connectivity index (χ3n) is 2.83. The summed E-state index contributed by atoms with van der Waals surface area (Å²) in [6, 6.07) is 3.29. The molecule has 0 radical (unpaired) electrons. The number of anilines is 1. The minimum atomic E-state index is -3.62. The summed E-state index contributed by atoms with van der Waals surface area (Å²) >= 11 is 1.18. The number of nitrogens with zero attached hydrogens (tertiary/aromatic N) is 3. The Kier molecular flexibility index (Phi) is 3.57. The number of nitrogens with two attached hydrogens (primary N) is 1. The lowest BCUT2D eigenvalue weighted by Gasteiger charge is -2.04. The molecule has 3 aromatic heterocycles. The zero-order chi connectivity index (χ0) is 14.9. The van der Waals surface area contributed by atoms with Crippen molar-refractivity contribution in [2.45, 2.75) is 10.6 Å². The first kappa shape index (κ1) is 13.9. The molecule has 21 heavy (non-hydrogen) atoms. The topological polar surface area (TPSA) is 127 Å². The fourth-order valence-corrected chi connectivity index (χ4v) is 3.63. The predicted molar refractivity (Wildman–Crippen MR) is 79.6 cm³/mol. The zero-order valence-corrected chi connectivity index (χ0v) is 12.4. The fourth-order valence-electron chi connectivity index (χ4n) is 1.86. The first-order chi connectivity index (χ1) is 10.0. The summed E-state index contributed by atoms with van der Waals surface area (Å²) < 4.78 is 22.6. The van der Waals surface area contributed by atoms with Gasteiger partial charge < -0.3 is 5.32 Å². The second kappa shape index (κ2) is 5.39. The Morgan fingerprint density at radius 2 is 2.19 bits per heavy atom. The average molecular weight is 324 g/mol. The van der Waals surface area contributed by atoms with Gasteiger partial charge in [0.15, 0.2) is 5.65 Å². The third kappa shape index (κ3) is 3.01. The molecule has 0 aliphatic carbocycles. The highest BCUT2D eigenvalue weighted by atomic mass is 32.2. The van der Waals surface area contributed by atoms with E-state index in [1.54, 1.807) is 12.3 Å². The maximum atomic E-state index is 11.2. The monoisotopic (exact) mass is 324 g/mol. The van der Waals surface area contributed by atoms with Crippen molar-refractivity contribution in [1.82, 2.24) is 20.2 Å². The molecule has 0 aliphatic heterocycles. The molecule has 0 fully saturated rings. The van der Waals surface area contributed by atoms with Crippen LogP contribution in [0.15, 0.2) is 28.9 Å². The van der Waals surface area contributed by atoms with E-state index in [1.807, 2.05) is 0 Å². The van der Waals surface area contributed by atoms with Gasteiger partial charge in [-0.1, -0.05) is 0 Å². The van der Waals surface area contributed by atoms with Gasteiger partial charge in [0.05, 0.1) is 11.6 Å². The molecule has 0 aliphatic rings. The van der Waals surface area contributed by atoms with Crippen molar-refractivity contribution < 1.29 is 8.42 Å². The molecule has 8 nitrogen and oxygen atoms in total. The number of hydrogen-bond donors (Lipinski definition) is 3. The standard InChI is InChI=1S/C11H12N6O2S2/c12-21(18,19)9-2-1-7(20-9)3-4-13-10-8-5-16-17-11(8)15-6-14-10/h1-2,5-6H,3-4H2,(H2,12,18,19)(H2,13,14,15,16,17). The number of H-pyrrole nitrogens is 1. The lowest BCUT2D eigenvalue weighted by atomic mass is 10.3. The Labute approximate surface area is 124 Å². The average Bonchev–Trinajstić information content (AvgIpc) is 3.06. The molecule has 0 spiro atoms. The summed E-state index contributed by atoms with van der Waals surface area (Å²) in [5, 5.41) is 15.8. The number of aromatic amines is 1. The van der Waals surface area contributed by atoms with Gasteiger partial charge in [0, 0.05) is 11.4 Å². The molecule has 0 aromatic carbocycles. The molecule has 110 valence electrons. The summed E-state index contributed by atoms with van der Waals surface area (Å²) in [6.45, 7) is 0.613. The van der Waals surface area contributed by atoms with E-state index in [4.69, 9.17) is 5.14 Å². The van der Waals surface area contributed by atoms with E-state index in [0.29, 0.717) is 24.4 Å². The summed E-state index contributed by atoms with van der Waals surface area (Å²) in [6.07, 6.45) is 3.78. The van der Waals surface area contributed by atoms with Crippen molar-refractivity contribution in [3.05, 3.63) is 29.5 Å². The van der Waals surface area contributed by atoms with Gasteiger partial charge >= 0.3 is 0 Å². The van der Waals surface area contributed by atoms with E-state index in [1.165, 1.54) is 23.7 Å². The van der Waals surface area contributed by atoms with Gasteiger partial charge in [0.2, 0.25) is 10.0 Å². The molecule has 0 amide bonds. The van der Waals surface area contributed by atoms with Gasteiger partial charge in [-0.25, -0.2) is 23.5 Å². The highest BCUT2D eigenvalue weighted by molar-refractivity contribution is 7.91. The Balaban J connectivity index is 1.66. The van der Waals surface area contributed by atoms with Crippen molar-refractivity contribution in [3.8, 4) is 0 Å². The molecule has 4 N–H and O–H groups in total. The molecule has 3 heterocycles. The molecular weight excluding hydrogens is 312 g/mol. The van der Waals surface area contributed by atoms with Crippen LogP contribution in [0.5, 0.6) is 0 Å². The highest BCUT2D eigenvalue weighted by Crippen LogP contribution is 2.21. The summed E-state index contributed by atoms with van der Waals surface area (Å²) in [4.78, 5) is 9.15. The van der Waals surface area contributed by atoms with Gasteiger partial charge in [-0.15, -0.1) is 11.3 Å². The Hall–Kier alpha value is -2.04. The first-order valence-corrected chi connectivity index (χ1v) is 8.40. The van der Waals surface area contributed by atoms with Crippen LogP contribution in [0.4, 0.5) is 5.82 Å². The number of primary sulfonamides is 1. The fraction of sp³-hybridized carbons (Fsp3) is 0.182. The van der Waals surface area contributed by atoms with Crippen LogP contribution in [-0.2, 0) is 16.4 Å². The minimum absolute atomic E-state index is 0.178. The van der Waals surface area contributed by atoms with Crippen LogP contribution in [0.3, 0.4) is 0 Å². The number of hydrogen-bond acceptors (Lipinski definition) is 7. The van der Waals surface area contributed by atoms with E-state index >= 15 is 0 Å². The maximum Gasteiger partial charge on any atom is 0.247 e. The molecule has 3 rings (SSSR count). The predicted octanol–water partition coefficient (Wildman–Crippen LogP) is 0.716. The van der Waals surface area contributed by atoms with Crippen LogP contribution >= 0.6 is 11.3 Å². The van der Waals surface area contributed by atoms with Gasteiger partial charge in [0.1, 0.15) is 16.4 Å². The van der Waals surface area contributed by atoms with Crippen LogP contribution < -0.4 is 10.5 Å². The van der Waals surface area contributed by atoms with Crippen molar-refractivity contribution in [2.75, 3.05) is 11.9 Å². The molecule has 10 heteroatoms. The van der Waals surface area contributed by atoms with Crippen molar-refractivity contribution in [2.24, 2.45) is 5.14 Å². The summed E-state index contributed by atoms with van der Waals surface area (Å²) in [5.41, 5.74) is 0.667. The van der Waals surface area contributed by atoms with Gasteiger partial charge in [-0.3, -0.25) is 5.10 Å². The lowest BCUT2D eigenvalue weighted by molar-refractivity contribution is 0.600. The van der Waals surface area contributed by atoms with Crippen molar-refractivity contribution in [3.63, 3.8) is 0 Å². The van der Waals surface area contributed by atoms with Crippen molar-refractivity contribution in [1.29, 1.82) is 0 Å². The molecule has 0 saturated heterocycles. The van der Waals surface area contributed by atoms with E-state index in [2.05, 4.69) is 25.5 Å². The van der Waals surface area contributed by atoms with E-state index < -0.39 is 10.0 Å². The Morgan fingerprint density at radius 3 is 2.95 bits per heavy atom. The zero-order valence-electron chi connectivity index (χ0n) is 10.8. The van der Waals surface area contributed by atoms with Crippen LogP contribution in [0, 0.1) is 0 Å². The Bertz CT molecular complexity index is 870. The lowest BCUT2D eigenvalue weighted by Crippen LogP contribution is -2.10. The van der Waals surface area contributed by atoms with E-state index in [-0.39, 0.29) is 4.21 Å². The minimum Gasteiger partial charge on any atom is -0.369 e. The van der Waals surface area contributed by atoms with E-state index in [9.17, 15) is 8.42 Å². The Morgan fingerprint density at radius 1 is 1.33 bits per heavy atom. The second-order valence-corrected chi connectivity index (χ2v) is 7.25.